The first-order valence-corrected chi connectivity index (χ1v) is 6.09. The highest BCUT2D eigenvalue weighted by Gasteiger charge is 2.23. The number of nitrogens with two attached hydrogens (primary N) is 1. The summed E-state index contributed by atoms with van der Waals surface area (Å²) in [5, 5.41) is 0. The van der Waals surface area contributed by atoms with Crippen LogP contribution in [0, 0.1) is 0 Å². The Kier molecular flexibility index (Phi) is 3.96. The quantitative estimate of drug-likeness (QED) is 0.842. The number of ether oxygens (including phenoxy) is 1. The molecular formula is C12H21N3O. The fourth-order valence-corrected chi connectivity index (χ4v) is 2.59. The second kappa shape index (κ2) is 5.46. The molecule has 0 aliphatic heterocycles. The van der Waals surface area contributed by atoms with Crippen molar-refractivity contribution in [2.24, 2.45) is 5.73 Å². The van der Waals surface area contributed by atoms with Crippen LogP contribution < -0.4 is 5.73 Å². The summed E-state index contributed by atoms with van der Waals surface area (Å²) < 4.78 is 7.75. The molecule has 16 heavy (non-hydrogen) atoms. The predicted octanol–water partition coefficient (Wildman–Crippen LogP) is 1.51. The van der Waals surface area contributed by atoms with E-state index in [9.17, 15) is 0 Å². The summed E-state index contributed by atoms with van der Waals surface area (Å²) in [5.74, 6) is 1.12. The molecule has 0 spiro atoms. The molecule has 90 valence electrons. The molecule has 1 heterocycles. The molecule has 4 nitrogen and oxygen atoms in total. The van der Waals surface area contributed by atoms with Gasteiger partial charge in [-0.3, -0.25) is 0 Å². The zero-order valence-electron chi connectivity index (χ0n) is 9.93. The molecule has 0 amide bonds. The lowest BCUT2D eigenvalue weighted by atomic mass is 9.92. The maximum Gasteiger partial charge on any atom is 0.110 e. The average Bonchev–Trinajstić information content (AvgIpc) is 2.78. The number of nitrogens with zero attached hydrogens (tertiary/aromatic N) is 2. The Morgan fingerprint density at radius 3 is 3.19 bits per heavy atom. The van der Waals surface area contributed by atoms with Crippen molar-refractivity contribution >= 4 is 0 Å². The molecule has 4 heteroatoms. The van der Waals surface area contributed by atoms with Gasteiger partial charge in [-0.05, 0) is 32.2 Å². The molecule has 1 aromatic heterocycles. The summed E-state index contributed by atoms with van der Waals surface area (Å²) in [4.78, 5) is 4.37. The number of hydrogen-bond acceptors (Lipinski definition) is 3. The van der Waals surface area contributed by atoms with Gasteiger partial charge in [-0.1, -0.05) is 0 Å². The first-order valence-electron chi connectivity index (χ1n) is 6.09. The highest BCUT2D eigenvalue weighted by molar-refractivity contribution is 4.97. The summed E-state index contributed by atoms with van der Waals surface area (Å²) in [5.41, 5.74) is 5.59. The van der Waals surface area contributed by atoms with Gasteiger partial charge in [-0.2, -0.15) is 0 Å². The van der Waals surface area contributed by atoms with Crippen LogP contribution in [0.25, 0.3) is 0 Å². The molecule has 1 aliphatic rings. The van der Waals surface area contributed by atoms with Crippen LogP contribution in [0.3, 0.4) is 0 Å². The van der Waals surface area contributed by atoms with E-state index in [0.717, 1.165) is 18.7 Å². The Morgan fingerprint density at radius 1 is 1.56 bits per heavy atom. The third-order valence-electron chi connectivity index (χ3n) is 3.44. The van der Waals surface area contributed by atoms with Crippen LogP contribution in [0.15, 0.2) is 12.4 Å². The van der Waals surface area contributed by atoms with Crippen molar-refractivity contribution in [2.75, 3.05) is 13.7 Å². The minimum absolute atomic E-state index is 0.409. The van der Waals surface area contributed by atoms with E-state index in [1.54, 1.807) is 0 Å². The van der Waals surface area contributed by atoms with Crippen LogP contribution >= 0.6 is 0 Å². The van der Waals surface area contributed by atoms with Gasteiger partial charge in [0, 0.05) is 32.0 Å². The van der Waals surface area contributed by atoms with E-state index in [-0.39, 0.29) is 0 Å². The van der Waals surface area contributed by atoms with Gasteiger partial charge < -0.3 is 15.0 Å². The molecule has 0 bridgehead atoms. The molecule has 1 aliphatic carbocycles. The third kappa shape index (κ3) is 2.44. The van der Waals surface area contributed by atoms with Gasteiger partial charge in [-0.15, -0.1) is 0 Å². The fraction of sp³-hybridized carbons (Fsp3) is 0.750. The number of aromatic nitrogens is 2. The summed E-state index contributed by atoms with van der Waals surface area (Å²) >= 11 is 0. The van der Waals surface area contributed by atoms with Crippen LogP contribution in [0.1, 0.15) is 37.5 Å². The lowest BCUT2D eigenvalue weighted by Gasteiger charge is -2.30. The van der Waals surface area contributed by atoms with Gasteiger partial charge in [0.15, 0.2) is 0 Å². The van der Waals surface area contributed by atoms with Gasteiger partial charge in [-0.25, -0.2) is 4.98 Å². The van der Waals surface area contributed by atoms with Crippen LogP contribution in [0.2, 0.25) is 0 Å². The van der Waals surface area contributed by atoms with Crippen LogP contribution in [-0.2, 0) is 11.2 Å². The average molecular weight is 223 g/mol. The SMILES string of the molecule is COC1CCCC(n2ccnc2CCN)C1. The van der Waals surface area contributed by atoms with Gasteiger partial charge >= 0.3 is 0 Å². The van der Waals surface area contributed by atoms with Crippen molar-refractivity contribution in [1.29, 1.82) is 0 Å². The molecule has 0 aromatic carbocycles. The van der Waals surface area contributed by atoms with Gasteiger partial charge in [0.2, 0.25) is 0 Å². The van der Waals surface area contributed by atoms with Crippen molar-refractivity contribution in [2.45, 2.75) is 44.2 Å². The first-order chi connectivity index (χ1) is 7.85. The lowest BCUT2D eigenvalue weighted by Crippen LogP contribution is -2.25. The summed E-state index contributed by atoms with van der Waals surface area (Å²) in [7, 11) is 1.81. The maximum atomic E-state index is 5.59. The molecule has 1 saturated carbocycles. The number of hydrogen-bond donors (Lipinski definition) is 1. The van der Waals surface area contributed by atoms with E-state index in [1.807, 2.05) is 13.3 Å². The normalized spacial score (nSPS) is 25.9. The largest absolute Gasteiger partial charge is 0.381 e. The second-order valence-electron chi connectivity index (χ2n) is 4.47. The highest BCUT2D eigenvalue weighted by atomic mass is 16.5. The zero-order valence-corrected chi connectivity index (χ0v) is 9.93. The van der Waals surface area contributed by atoms with Crippen LogP contribution in [-0.4, -0.2) is 29.3 Å². The lowest BCUT2D eigenvalue weighted by molar-refractivity contribution is 0.0525. The Balaban J connectivity index is 2.07. The van der Waals surface area contributed by atoms with Crippen LogP contribution in [0.5, 0.6) is 0 Å². The molecule has 0 saturated heterocycles. The van der Waals surface area contributed by atoms with Crippen LogP contribution in [0.4, 0.5) is 0 Å². The van der Waals surface area contributed by atoms with Crippen molar-refractivity contribution in [3.05, 3.63) is 18.2 Å². The number of methoxy groups -OCH3 is 1. The first kappa shape index (κ1) is 11.6. The summed E-state index contributed by atoms with van der Waals surface area (Å²) in [6, 6.07) is 0.544. The zero-order chi connectivity index (χ0) is 11.4. The van der Waals surface area contributed by atoms with Gasteiger partial charge in [0.1, 0.15) is 5.82 Å². The minimum atomic E-state index is 0.409. The van der Waals surface area contributed by atoms with Crippen molar-refractivity contribution in [3.8, 4) is 0 Å². The van der Waals surface area contributed by atoms with E-state index in [2.05, 4.69) is 15.7 Å². The minimum Gasteiger partial charge on any atom is -0.381 e. The Hall–Kier alpha value is -0.870. The molecule has 0 radical (unpaired) electrons. The summed E-state index contributed by atoms with van der Waals surface area (Å²) in [6.45, 7) is 0.664. The maximum absolute atomic E-state index is 5.59. The Labute approximate surface area is 96.8 Å². The molecule has 2 atom stereocenters. The molecule has 1 aromatic rings. The van der Waals surface area contributed by atoms with E-state index < -0.39 is 0 Å². The van der Waals surface area contributed by atoms with E-state index in [4.69, 9.17) is 10.5 Å². The monoisotopic (exact) mass is 223 g/mol. The molecule has 2 unspecified atom stereocenters. The van der Waals surface area contributed by atoms with Gasteiger partial charge in [0.05, 0.1) is 6.10 Å². The van der Waals surface area contributed by atoms with Crippen molar-refractivity contribution in [3.63, 3.8) is 0 Å². The topological polar surface area (TPSA) is 53.1 Å². The highest BCUT2D eigenvalue weighted by Crippen LogP contribution is 2.30. The molecule has 1 fully saturated rings. The third-order valence-corrected chi connectivity index (χ3v) is 3.44. The van der Waals surface area contributed by atoms with Crippen molar-refractivity contribution < 1.29 is 4.74 Å². The van der Waals surface area contributed by atoms with E-state index in [1.165, 1.54) is 19.3 Å². The van der Waals surface area contributed by atoms with E-state index >= 15 is 0 Å². The molecular weight excluding hydrogens is 202 g/mol. The smallest absolute Gasteiger partial charge is 0.110 e. The van der Waals surface area contributed by atoms with E-state index in [0.29, 0.717) is 18.7 Å². The number of rotatable bonds is 4. The molecule has 2 rings (SSSR count). The fourth-order valence-electron chi connectivity index (χ4n) is 2.59. The summed E-state index contributed by atoms with van der Waals surface area (Å²) in [6.07, 6.45) is 9.98. The standard InChI is InChI=1S/C12H21N3O/c1-16-11-4-2-3-10(9-11)15-8-7-14-12(15)5-6-13/h7-8,10-11H,2-6,9,13H2,1H3. The van der Waals surface area contributed by atoms with Gasteiger partial charge in [0.25, 0.3) is 0 Å². The Bertz CT molecular complexity index is 324. The second-order valence-corrected chi connectivity index (χ2v) is 4.47. The Morgan fingerprint density at radius 2 is 2.44 bits per heavy atom. The molecule has 2 N–H and O–H groups in total. The predicted molar refractivity (Wildman–Crippen MR) is 63.3 cm³/mol. The number of imidazole rings is 1. The van der Waals surface area contributed by atoms with Crippen molar-refractivity contribution in [1.82, 2.24) is 9.55 Å².